The van der Waals surface area contributed by atoms with Crippen LogP contribution in [0.2, 0.25) is 0 Å². The number of hydrogen-bond acceptors (Lipinski definition) is 5. The second-order valence-corrected chi connectivity index (χ2v) is 7.81. The molecule has 1 aliphatic heterocycles. The lowest BCUT2D eigenvalue weighted by Crippen LogP contribution is -2.53. The molecule has 0 saturated carbocycles. The van der Waals surface area contributed by atoms with Crippen LogP contribution in [0.4, 0.5) is 10.1 Å². The van der Waals surface area contributed by atoms with Gasteiger partial charge in [-0.25, -0.2) is 9.37 Å². The summed E-state index contributed by atoms with van der Waals surface area (Å²) in [5.41, 5.74) is 1.92. The third kappa shape index (κ3) is 5.62. The van der Waals surface area contributed by atoms with Crippen LogP contribution in [-0.2, 0) is 11.3 Å². The number of carbonyl (C=O) groups excluding carboxylic acids is 1. The number of carbonyl (C=O) groups is 1. The van der Waals surface area contributed by atoms with Crippen molar-refractivity contribution in [3.63, 3.8) is 0 Å². The van der Waals surface area contributed by atoms with Crippen molar-refractivity contribution >= 4 is 11.6 Å². The van der Waals surface area contributed by atoms with Crippen LogP contribution >= 0.6 is 0 Å². The monoisotopic (exact) mass is 434 g/mol. The number of amides is 1. The number of para-hydroxylation sites is 1. The number of rotatable bonds is 7. The van der Waals surface area contributed by atoms with Gasteiger partial charge >= 0.3 is 0 Å². The normalized spacial score (nSPS) is 15.2. The largest absolute Gasteiger partial charge is 0.439 e. The fourth-order valence-corrected chi connectivity index (χ4v) is 3.71. The topological polar surface area (TPSA) is 57.7 Å². The maximum absolute atomic E-state index is 13.1. The van der Waals surface area contributed by atoms with E-state index in [1.165, 1.54) is 12.1 Å². The van der Waals surface area contributed by atoms with Gasteiger partial charge in [0.1, 0.15) is 11.6 Å². The maximum Gasteiger partial charge on any atom is 0.237 e. The van der Waals surface area contributed by atoms with E-state index in [9.17, 15) is 9.18 Å². The van der Waals surface area contributed by atoms with E-state index in [0.717, 1.165) is 43.2 Å². The lowest BCUT2D eigenvalue weighted by atomic mass is 10.2. The predicted octanol–water partition coefficient (Wildman–Crippen LogP) is 3.84. The molecule has 2 aromatic carbocycles. The van der Waals surface area contributed by atoms with Crippen LogP contribution in [0.5, 0.6) is 11.6 Å². The van der Waals surface area contributed by atoms with Gasteiger partial charge in [0.25, 0.3) is 0 Å². The zero-order valence-corrected chi connectivity index (χ0v) is 18.1. The van der Waals surface area contributed by atoms with Gasteiger partial charge in [0.2, 0.25) is 11.8 Å². The first-order valence-electron chi connectivity index (χ1n) is 10.8. The lowest BCUT2D eigenvalue weighted by molar-refractivity contribution is -0.126. The highest BCUT2D eigenvalue weighted by Crippen LogP contribution is 2.19. The number of pyridine rings is 1. The molecule has 7 heteroatoms. The van der Waals surface area contributed by atoms with Gasteiger partial charge in [-0.15, -0.1) is 0 Å². The van der Waals surface area contributed by atoms with Gasteiger partial charge < -0.3 is 15.0 Å². The minimum atomic E-state index is -0.230. The summed E-state index contributed by atoms with van der Waals surface area (Å²) in [5.74, 6) is 1.00. The van der Waals surface area contributed by atoms with Gasteiger partial charge in [-0.1, -0.05) is 24.3 Å². The predicted molar refractivity (Wildman–Crippen MR) is 122 cm³/mol. The molecule has 166 valence electrons. The van der Waals surface area contributed by atoms with E-state index in [1.54, 1.807) is 24.4 Å². The van der Waals surface area contributed by atoms with Gasteiger partial charge in [0.15, 0.2) is 0 Å². The van der Waals surface area contributed by atoms with Crippen LogP contribution < -0.4 is 15.0 Å². The van der Waals surface area contributed by atoms with Crippen molar-refractivity contribution in [2.75, 3.05) is 31.1 Å². The summed E-state index contributed by atoms with van der Waals surface area (Å²) >= 11 is 0. The lowest BCUT2D eigenvalue weighted by Gasteiger charge is -2.38. The van der Waals surface area contributed by atoms with E-state index in [4.69, 9.17) is 4.74 Å². The Morgan fingerprint density at radius 1 is 1.03 bits per heavy atom. The second kappa shape index (κ2) is 10.2. The third-order valence-electron chi connectivity index (χ3n) is 5.66. The number of hydrogen-bond donors (Lipinski definition) is 1. The van der Waals surface area contributed by atoms with E-state index in [1.807, 2.05) is 43.3 Å². The molecule has 1 amide bonds. The van der Waals surface area contributed by atoms with Gasteiger partial charge in [-0.05, 0) is 48.9 Å². The molecule has 1 saturated heterocycles. The number of nitrogens with zero attached hydrogens (tertiary/aromatic N) is 3. The molecule has 1 aromatic heterocycles. The van der Waals surface area contributed by atoms with Crippen LogP contribution in [0.1, 0.15) is 12.5 Å². The molecule has 32 heavy (non-hydrogen) atoms. The Morgan fingerprint density at radius 2 is 1.75 bits per heavy atom. The number of ether oxygens (including phenoxy) is 1. The Balaban J connectivity index is 1.23. The molecule has 1 unspecified atom stereocenters. The van der Waals surface area contributed by atoms with E-state index in [0.29, 0.717) is 12.4 Å². The standard InChI is InChI=1S/C25H27FN4O2/c1-19(29-13-15-30(16-14-29)22-10-8-21(26)9-11-22)25(31)28-18-20-7-12-24(27-17-20)32-23-5-3-2-4-6-23/h2-12,17,19H,13-16,18H2,1H3,(H,28,31). The van der Waals surface area contributed by atoms with E-state index < -0.39 is 0 Å². The molecular formula is C25H27FN4O2. The highest BCUT2D eigenvalue weighted by molar-refractivity contribution is 5.81. The number of halogens is 1. The highest BCUT2D eigenvalue weighted by Gasteiger charge is 2.25. The van der Waals surface area contributed by atoms with Gasteiger partial charge in [0, 0.05) is 50.7 Å². The molecule has 3 aromatic rings. The average Bonchev–Trinajstić information content (AvgIpc) is 2.84. The molecule has 0 bridgehead atoms. The molecule has 0 spiro atoms. The van der Waals surface area contributed by atoms with Gasteiger partial charge in [-0.2, -0.15) is 0 Å². The van der Waals surface area contributed by atoms with Crippen molar-refractivity contribution in [3.05, 3.63) is 84.3 Å². The SMILES string of the molecule is CC(C(=O)NCc1ccc(Oc2ccccc2)nc1)N1CCN(c2ccc(F)cc2)CC1. The molecule has 1 N–H and O–H groups in total. The van der Waals surface area contributed by atoms with Crippen molar-refractivity contribution in [2.45, 2.75) is 19.5 Å². The van der Waals surface area contributed by atoms with E-state index >= 15 is 0 Å². The minimum absolute atomic E-state index is 0.00940. The van der Waals surface area contributed by atoms with Crippen molar-refractivity contribution in [1.82, 2.24) is 15.2 Å². The van der Waals surface area contributed by atoms with Crippen molar-refractivity contribution in [2.24, 2.45) is 0 Å². The maximum atomic E-state index is 13.1. The number of benzene rings is 2. The zero-order valence-electron chi connectivity index (χ0n) is 18.1. The molecule has 1 aliphatic rings. The number of aromatic nitrogens is 1. The average molecular weight is 435 g/mol. The smallest absolute Gasteiger partial charge is 0.237 e. The summed E-state index contributed by atoms with van der Waals surface area (Å²) in [5, 5.41) is 3.00. The Hall–Kier alpha value is -3.45. The van der Waals surface area contributed by atoms with Crippen LogP contribution in [0.3, 0.4) is 0 Å². The summed E-state index contributed by atoms with van der Waals surface area (Å²) in [6.45, 7) is 5.50. The third-order valence-corrected chi connectivity index (χ3v) is 5.66. The molecule has 2 heterocycles. The number of anilines is 1. The van der Waals surface area contributed by atoms with Crippen molar-refractivity contribution in [3.8, 4) is 11.6 Å². The Kier molecular flexibility index (Phi) is 6.97. The minimum Gasteiger partial charge on any atom is -0.439 e. The number of piperazine rings is 1. The fourth-order valence-electron chi connectivity index (χ4n) is 3.71. The molecule has 1 fully saturated rings. The first-order chi connectivity index (χ1) is 15.6. The summed E-state index contributed by atoms with van der Waals surface area (Å²) < 4.78 is 18.8. The molecule has 6 nitrogen and oxygen atoms in total. The molecule has 0 aliphatic carbocycles. The zero-order chi connectivity index (χ0) is 22.3. The molecule has 1 atom stereocenters. The van der Waals surface area contributed by atoms with Crippen molar-refractivity contribution in [1.29, 1.82) is 0 Å². The molecular weight excluding hydrogens is 407 g/mol. The van der Waals surface area contributed by atoms with E-state index in [-0.39, 0.29) is 17.8 Å². The Bertz CT molecular complexity index is 1000. The quantitative estimate of drug-likeness (QED) is 0.612. The summed E-state index contributed by atoms with van der Waals surface area (Å²) in [4.78, 5) is 21.4. The fraction of sp³-hybridized carbons (Fsp3) is 0.280. The summed E-state index contributed by atoms with van der Waals surface area (Å²) in [7, 11) is 0. The van der Waals surface area contributed by atoms with Gasteiger partial charge in [-0.3, -0.25) is 9.69 Å². The van der Waals surface area contributed by atoms with E-state index in [2.05, 4.69) is 20.1 Å². The molecule has 0 radical (unpaired) electrons. The van der Waals surface area contributed by atoms with Gasteiger partial charge in [0.05, 0.1) is 6.04 Å². The van der Waals surface area contributed by atoms with Crippen LogP contribution in [0.25, 0.3) is 0 Å². The Morgan fingerprint density at radius 3 is 2.41 bits per heavy atom. The van der Waals surface area contributed by atoms with Crippen LogP contribution in [-0.4, -0.2) is 48.0 Å². The summed E-state index contributed by atoms with van der Waals surface area (Å²) in [6.07, 6.45) is 1.71. The summed E-state index contributed by atoms with van der Waals surface area (Å²) in [6, 6.07) is 19.5. The first-order valence-corrected chi connectivity index (χ1v) is 10.8. The first kappa shape index (κ1) is 21.8. The Labute approximate surface area is 187 Å². The van der Waals surface area contributed by atoms with Crippen molar-refractivity contribution < 1.29 is 13.9 Å². The molecule has 4 rings (SSSR count). The van der Waals surface area contributed by atoms with Crippen LogP contribution in [0.15, 0.2) is 72.9 Å². The second-order valence-electron chi connectivity index (χ2n) is 7.81. The number of nitrogens with one attached hydrogen (secondary N) is 1. The van der Waals surface area contributed by atoms with Crippen LogP contribution in [0, 0.1) is 5.82 Å². The highest BCUT2D eigenvalue weighted by atomic mass is 19.1.